The van der Waals surface area contributed by atoms with Crippen LogP contribution in [0.3, 0.4) is 0 Å². The van der Waals surface area contributed by atoms with Crippen molar-refractivity contribution in [2.75, 3.05) is 0 Å². The standard InChI is InChI=1S/C10H18ClN3/c1-5-14-9(6-11)12-13-10(14)8(4)7(2)3/h7-8H,5-6H2,1-4H3. The van der Waals surface area contributed by atoms with Crippen molar-refractivity contribution in [3.05, 3.63) is 11.6 Å². The molecule has 0 fully saturated rings. The van der Waals surface area contributed by atoms with Crippen LogP contribution in [0.15, 0.2) is 0 Å². The van der Waals surface area contributed by atoms with Crippen LogP contribution >= 0.6 is 11.6 Å². The Morgan fingerprint density at radius 1 is 1.29 bits per heavy atom. The van der Waals surface area contributed by atoms with Crippen molar-refractivity contribution in [2.24, 2.45) is 5.92 Å². The summed E-state index contributed by atoms with van der Waals surface area (Å²) >= 11 is 5.79. The molecule has 0 aliphatic carbocycles. The third kappa shape index (κ3) is 2.08. The van der Waals surface area contributed by atoms with E-state index in [1.165, 1.54) is 0 Å². The largest absolute Gasteiger partial charge is 0.314 e. The zero-order chi connectivity index (χ0) is 10.7. The number of hydrogen-bond donors (Lipinski definition) is 0. The molecule has 0 N–H and O–H groups in total. The Morgan fingerprint density at radius 3 is 2.36 bits per heavy atom. The fourth-order valence-electron chi connectivity index (χ4n) is 1.43. The van der Waals surface area contributed by atoms with Crippen LogP contribution in [0, 0.1) is 5.92 Å². The van der Waals surface area contributed by atoms with Gasteiger partial charge in [-0.3, -0.25) is 0 Å². The summed E-state index contributed by atoms with van der Waals surface area (Å²) in [6.07, 6.45) is 0. The molecule has 0 saturated carbocycles. The summed E-state index contributed by atoms with van der Waals surface area (Å²) in [5.74, 6) is 3.37. The highest BCUT2D eigenvalue weighted by Crippen LogP contribution is 2.22. The molecule has 0 radical (unpaired) electrons. The normalized spacial score (nSPS) is 13.6. The Morgan fingerprint density at radius 2 is 1.93 bits per heavy atom. The topological polar surface area (TPSA) is 30.7 Å². The molecule has 1 heterocycles. The molecule has 1 unspecified atom stereocenters. The van der Waals surface area contributed by atoms with Crippen molar-refractivity contribution in [3.8, 4) is 0 Å². The summed E-state index contributed by atoms with van der Waals surface area (Å²) in [4.78, 5) is 0. The number of aromatic nitrogens is 3. The van der Waals surface area contributed by atoms with Gasteiger partial charge in [-0.1, -0.05) is 20.8 Å². The number of halogens is 1. The molecular formula is C10H18ClN3. The fraction of sp³-hybridized carbons (Fsp3) is 0.800. The number of nitrogens with zero attached hydrogens (tertiary/aromatic N) is 3. The summed E-state index contributed by atoms with van der Waals surface area (Å²) < 4.78 is 2.11. The number of alkyl halides is 1. The van der Waals surface area contributed by atoms with Crippen LogP contribution in [0.5, 0.6) is 0 Å². The molecular weight excluding hydrogens is 198 g/mol. The van der Waals surface area contributed by atoms with Gasteiger partial charge in [-0.2, -0.15) is 0 Å². The molecule has 0 saturated heterocycles. The molecule has 0 amide bonds. The predicted molar refractivity (Wildman–Crippen MR) is 58.5 cm³/mol. The maximum Gasteiger partial charge on any atom is 0.147 e. The smallest absolute Gasteiger partial charge is 0.147 e. The van der Waals surface area contributed by atoms with Crippen LogP contribution in [-0.2, 0) is 12.4 Å². The average molecular weight is 216 g/mol. The van der Waals surface area contributed by atoms with Gasteiger partial charge in [-0.05, 0) is 12.8 Å². The van der Waals surface area contributed by atoms with E-state index in [4.69, 9.17) is 11.6 Å². The molecule has 1 aromatic heterocycles. The van der Waals surface area contributed by atoms with Gasteiger partial charge >= 0.3 is 0 Å². The van der Waals surface area contributed by atoms with E-state index in [1.807, 2.05) is 0 Å². The summed E-state index contributed by atoms with van der Waals surface area (Å²) in [5, 5.41) is 8.30. The SMILES string of the molecule is CCn1c(CCl)nnc1C(C)C(C)C. The molecule has 0 aliphatic rings. The minimum Gasteiger partial charge on any atom is -0.314 e. The van der Waals surface area contributed by atoms with E-state index in [2.05, 4.69) is 42.5 Å². The minimum absolute atomic E-state index is 0.430. The lowest BCUT2D eigenvalue weighted by Crippen LogP contribution is -2.12. The third-order valence-corrected chi connectivity index (χ3v) is 2.94. The Hall–Kier alpha value is -0.570. The second-order valence-corrected chi connectivity index (χ2v) is 4.15. The molecule has 3 nitrogen and oxygen atoms in total. The van der Waals surface area contributed by atoms with Gasteiger partial charge in [0, 0.05) is 12.5 Å². The Kier molecular flexibility index (Phi) is 3.93. The quantitative estimate of drug-likeness (QED) is 0.724. The first-order chi connectivity index (χ1) is 6.61. The van der Waals surface area contributed by atoms with E-state index in [-0.39, 0.29) is 0 Å². The lowest BCUT2D eigenvalue weighted by molar-refractivity contribution is 0.484. The van der Waals surface area contributed by atoms with Gasteiger partial charge < -0.3 is 4.57 Å². The summed E-state index contributed by atoms with van der Waals surface area (Å²) in [7, 11) is 0. The number of hydrogen-bond acceptors (Lipinski definition) is 2. The molecule has 1 aromatic rings. The molecule has 14 heavy (non-hydrogen) atoms. The van der Waals surface area contributed by atoms with Crippen LogP contribution in [0.2, 0.25) is 0 Å². The van der Waals surface area contributed by atoms with Gasteiger partial charge in [0.2, 0.25) is 0 Å². The summed E-state index contributed by atoms with van der Waals surface area (Å²) in [6.45, 7) is 9.55. The molecule has 80 valence electrons. The second kappa shape index (κ2) is 4.78. The van der Waals surface area contributed by atoms with Crippen molar-refractivity contribution in [1.82, 2.24) is 14.8 Å². The van der Waals surface area contributed by atoms with E-state index in [1.54, 1.807) is 0 Å². The van der Waals surface area contributed by atoms with Gasteiger partial charge in [0.15, 0.2) is 0 Å². The zero-order valence-electron chi connectivity index (χ0n) is 9.29. The highest BCUT2D eigenvalue weighted by atomic mass is 35.5. The van der Waals surface area contributed by atoms with E-state index in [9.17, 15) is 0 Å². The molecule has 0 aliphatic heterocycles. The van der Waals surface area contributed by atoms with E-state index in [0.29, 0.717) is 17.7 Å². The fourth-order valence-corrected chi connectivity index (χ4v) is 1.63. The molecule has 1 rings (SSSR count). The first-order valence-corrected chi connectivity index (χ1v) is 5.63. The molecule has 1 atom stereocenters. The molecule has 0 bridgehead atoms. The first-order valence-electron chi connectivity index (χ1n) is 5.09. The summed E-state index contributed by atoms with van der Waals surface area (Å²) in [6, 6.07) is 0. The second-order valence-electron chi connectivity index (χ2n) is 3.89. The monoisotopic (exact) mass is 215 g/mol. The van der Waals surface area contributed by atoms with E-state index in [0.717, 1.165) is 18.2 Å². The van der Waals surface area contributed by atoms with Crippen molar-refractivity contribution in [1.29, 1.82) is 0 Å². The van der Waals surface area contributed by atoms with Crippen molar-refractivity contribution in [2.45, 2.75) is 46.0 Å². The third-order valence-electron chi connectivity index (χ3n) is 2.70. The van der Waals surface area contributed by atoms with Crippen molar-refractivity contribution >= 4 is 11.6 Å². The predicted octanol–water partition coefficient (Wildman–Crippen LogP) is 2.80. The maximum atomic E-state index is 5.79. The lowest BCUT2D eigenvalue weighted by Gasteiger charge is -2.15. The van der Waals surface area contributed by atoms with E-state index >= 15 is 0 Å². The van der Waals surface area contributed by atoms with Crippen molar-refractivity contribution < 1.29 is 0 Å². The molecule has 0 spiro atoms. The Labute approximate surface area is 90.5 Å². The average Bonchev–Trinajstić information content (AvgIpc) is 2.58. The minimum atomic E-state index is 0.430. The van der Waals surface area contributed by atoms with Gasteiger partial charge in [-0.15, -0.1) is 21.8 Å². The first kappa shape index (κ1) is 11.5. The van der Waals surface area contributed by atoms with Crippen LogP contribution in [-0.4, -0.2) is 14.8 Å². The maximum absolute atomic E-state index is 5.79. The van der Waals surface area contributed by atoms with Crippen LogP contribution in [0.4, 0.5) is 0 Å². The highest BCUT2D eigenvalue weighted by Gasteiger charge is 2.18. The summed E-state index contributed by atoms with van der Waals surface area (Å²) in [5.41, 5.74) is 0. The number of rotatable bonds is 4. The zero-order valence-corrected chi connectivity index (χ0v) is 10.0. The Bertz CT molecular complexity index is 294. The van der Waals surface area contributed by atoms with Gasteiger partial charge in [0.1, 0.15) is 11.6 Å². The van der Waals surface area contributed by atoms with Crippen molar-refractivity contribution in [3.63, 3.8) is 0 Å². The van der Waals surface area contributed by atoms with Crippen LogP contribution in [0.25, 0.3) is 0 Å². The molecule has 0 aromatic carbocycles. The van der Waals surface area contributed by atoms with Gasteiger partial charge in [0.25, 0.3) is 0 Å². The van der Waals surface area contributed by atoms with Gasteiger partial charge in [0.05, 0.1) is 5.88 Å². The Balaban J connectivity index is 3.02. The highest BCUT2D eigenvalue weighted by molar-refractivity contribution is 6.16. The lowest BCUT2D eigenvalue weighted by atomic mass is 9.97. The van der Waals surface area contributed by atoms with Gasteiger partial charge in [-0.25, -0.2) is 0 Å². The van der Waals surface area contributed by atoms with Crippen LogP contribution in [0.1, 0.15) is 45.3 Å². The molecule has 4 heteroatoms. The van der Waals surface area contributed by atoms with E-state index < -0.39 is 0 Å². The van der Waals surface area contributed by atoms with Crippen LogP contribution < -0.4 is 0 Å².